The van der Waals surface area contributed by atoms with E-state index < -0.39 is 0 Å². The number of benzene rings is 2. The number of anilines is 3. The molecular formula is C19H20N4OS2. The van der Waals surface area contributed by atoms with E-state index in [9.17, 15) is 4.79 Å². The van der Waals surface area contributed by atoms with Crippen molar-refractivity contribution in [3.8, 4) is 0 Å². The Morgan fingerprint density at radius 1 is 1.04 bits per heavy atom. The Balaban J connectivity index is 1.53. The van der Waals surface area contributed by atoms with Gasteiger partial charge in [0.2, 0.25) is 11.0 Å². The van der Waals surface area contributed by atoms with Gasteiger partial charge in [-0.05, 0) is 61.7 Å². The molecule has 26 heavy (non-hydrogen) atoms. The van der Waals surface area contributed by atoms with E-state index in [1.165, 1.54) is 34.2 Å². The molecule has 0 radical (unpaired) electrons. The quantitative estimate of drug-likeness (QED) is 0.589. The number of aryl methyl sites for hydroxylation is 3. The number of hydrogen-bond acceptors (Lipinski definition) is 6. The second-order valence-electron chi connectivity index (χ2n) is 6.00. The summed E-state index contributed by atoms with van der Waals surface area (Å²) in [6, 6.07) is 13.9. The van der Waals surface area contributed by atoms with E-state index in [2.05, 4.69) is 46.8 Å². The minimum absolute atomic E-state index is 0.0560. The first kappa shape index (κ1) is 18.4. The lowest BCUT2D eigenvalue weighted by Gasteiger charge is -2.05. The van der Waals surface area contributed by atoms with Gasteiger partial charge < -0.3 is 10.6 Å². The number of nitrogens with one attached hydrogen (secondary N) is 2. The number of thioether (sulfide) groups is 1. The minimum atomic E-state index is -0.0560. The molecule has 1 amide bonds. The van der Waals surface area contributed by atoms with Crippen LogP contribution in [0.1, 0.15) is 16.7 Å². The summed E-state index contributed by atoms with van der Waals surface area (Å²) < 4.78 is 0.760. The van der Waals surface area contributed by atoms with Crippen LogP contribution in [0, 0.1) is 20.8 Å². The number of nitrogens with zero attached hydrogens (tertiary/aromatic N) is 2. The van der Waals surface area contributed by atoms with Gasteiger partial charge in [0, 0.05) is 11.4 Å². The molecular weight excluding hydrogens is 364 g/mol. The highest BCUT2D eigenvalue weighted by atomic mass is 32.2. The molecule has 0 aliphatic heterocycles. The monoisotopic (exact) mass is 384 g/mol. The molecule has 0 aliphatic carbocycles. The molecule has 2 aromatic carbocycles. The Labute approximate surface area is 161 Å². The Morgan fingerprint density at radius 3 is 2.65 bits per heavy atom. The molecule has 7 heteroatoms. The highest BCUT2D eigenvalue weighted by Crippen LogP contribution is 2.28. The van der Waals surface area contributed by atoms with Crippen molar-refractivity contribution in [1.29, 1.82) is 0 Å². The molecule has 5 nitrogen and oxygen atoms in total. The van der Waals surface area contributed by atoms with Gasteiger partial charge in [-0.15, -0.1) is 10.2 Å². The normalized spacial score (nSPS) is 10.6. The van der Waals surface area contributed by atoms with Crippen LogP contribution in [-0.2, 0) is 4.79 Å². The summed E-state index contributed by atoms with van der Waals surface area (Å²) >= 11 is 2.82. The van der Waals surface area contributed by atoms with E-state index in [1.807, 2.05) is 37.3 Å². The van der Waals surface area contributed by atoms with Gasteiger partial charge in [0.05, 0.1) is 5.75 Å². The molecule has 1 heterocycles. The first-order valence-corrected chi connectivity index (χ1v) is 9.97. The number of amides is 1. The van der Waals surface area contributed by atoms with Gasteiger partial charge in [0.15, 0.2) is 4.34 Å². The molecule has 0 aliphatic rings. The Morgan fingerprint density at radius 2 is 1.88 bits per heavy atom. The predicted octanol–water partition coefficient (Wildman–Crippen LogP) is 4.94. The molecule has 0 spiro atoms. The zero-order valence-electron chi connectivity index (χ0n) is 14.9. The molecule has 0 saturated carbocycles. The second-order valence-corrected chi connectivity index (χ2v) is 8.20. The van der Waals surface area contributed by atoms with Crippen LogP contribution < -0.4 is 10.6 Å². The van der Waals surface area contributed by atoms with Crippen LogP contribution >= 0.6 is 23.1 Å². The number of aromatic nitrogens is 2. The van der Waals surface area contributed by atoms with Gasteiger partial charge in [-0.2, -0.15) is 0 Å². The third kappa shape index (κ3) is 5.06. The number of hydrogen-bond donors (Lipinski definition) is 2. The van der Waals surface area contributed by atoms with E-state index in [0.29, 0.717) is 5.75 Å². The summed E-state index contributed by atoms with van der Waals surface area (Å²) in [6.07, 6.45) is 0. The molecule has 3 aromatic rings. The first-order valence-electron chi connectivity index (χ1n) is 8.17. The zero-order chi connectivity index (χ0) is 18.5. The molecule has 2 N–H and O–H groups in total. The van der Waals surface area contributed by atoms with Crippen molar-refractivity contribution in [1.82, 2.24) is 10.2 Å². The van der Waals surface area contributed by atoms with Gasteiger partial charge >= 0.3 is 0 Å². The molecule has 0 fully saturated rings. The van der Waals surface area contributed by atoms with E-state index in [1.54, 1.807) is 0 Å². The summed E-state index contributed by atoms with van der Waals surface area (Å²) in [6.45, 7) is 6.16. The lowest BCUT2D eigenvalue weighted by Crippen LogP contribution is -2.13. The van der Waals surface area contributed by atoms with Gasteiger partial charge in [0.1, 0.15) is 0 Å². The molecule has 134 valence electrons. The molecule has 1 aromatic heterocycles. The summed E-state index contributed by atoms with van der Waals surface area (Å²) in [7, 11) is 0. The Hall–Kier alpha value is -2.38. The minimum Gasteiger partial charge on any atom is -0.330 e. The molecule has 0 saturated heterocycles. The van der Waals surface area contributed by atoms with E-state index in [4.69, 9.17) is 0 Å². The van der Waals surface area contributed by atoms with Crippen molar-refractivity contribution < 1.29 is 4.79 Å². The topological polar surface area (TPSA) is 66.9 Å². The highest BCUT2D eigenvalue weighted by molar-refractivity contribution is 8.01. The standard InChI is InChI=1S/C19H20N4OS2/c1-12-5-4-6-15(9-12)20-17(24)11-25-19-23-22-18(26-19)21-16-8-7-13(2)14(3)10-16/h4-10H,11H2,1-3H3,(H,20,24)(H,21,22). The fourth-order valence-corrected chi connectivity index (χ4v) is 3.88. The van der Waals surface area contributed by atoms with E-state index in [0.717, 1.165) is 26.4 Å². The third-order valence-corrected chi connectivity index (χ3v) is 5.77. The van der Waals surface area contributed by atoms with Gasteiger partial charge in [-0.3, -0.25) is 4.79 Å². The van der Waals surface area contributed by atoms with Crippen LogP contribution in [0.4, 0.5) is 16.5 Å². The SMILES string of the molecule is Cc1cccc(NC(=O)CSc2nnc(Nc3ccc(C)c(C)c3)s2)c1. The molecule has 3 rings (SSSR count). The average Bonchev–Trinajstić information content (AvgIpc) is 3.04. The fourth-order valence-electron chi connectivity index (χ4n) is 2.31. The van der Waals surface area contributed by atoms with E-state index in [-0.39, 0.29) is 5.91 Å². The number of carbonyl (C=O) groups is 1. The second kappa shape index (κ2) is 8.33. The van der Waals surface area contributed by atoms with Crippen molar-refractivity contribution in [3.05, 3.63) is 59.2 Å². The predicted molar refractivity (Wildman–Crippen MR) is 110 cm³/mol. The van der Waals surface area contributed by atoms with Crippen LogP contribution in [0.25, 0.3) is 0 Å². The lowest BCUT2D eigenvalue weighted by atomic mass is 10.1. The van der Waals surface area contributed by atoms with Gasteiger partial charge in [0.25, 0.3) is 0 Å². The van der Waals surface area contributed by atoms with Crippen LogP contribution in [0.3, 0.4) is 0 Å². The van der Waals surface area contributed by atoms with Crippen LogP contribution in [0.5, 0.6) is 0 Å². The number of carbonyl (C=O) groups excluding carboxylic acids is 1. The summed E-state index contributed by atoms with van der Waals surface area (Å²) in [5.74, 6) is 0.242. The maximum atomic E-state index is 12.1. The van der Waals surface area contributed by atoms with Crippen molar-refractivity contribution in [2.75, 3.05) is 16.4 Å². The van der Waals surface area contributed by atoms with Crippen molar-refractivity contribution in [3.63, 3.8) is 0 Å². The van der Waals surface area contributed by atoms with Crippen molar-refractivity contribution >= 4 is 45.5 Å². The highest BCUT2D eigenvalue weighted by Gasteiger charge is 2.09. The maximum absolute atomic E-state index is 12.1. The van der Waals surface area contributed by atoms with Gasteiger partial charge in [-0.25, -0.2) is 0 Å². The Bertz CT molecular complexity index is 923. The molecule has 0 atom stereocenters. The smallest absolute Gasteiger partial charge is 0.234 e. The summed E-state index contributed by atoms with van der Waals surface area (Å²) in [5, 5.41) is 15.1. The van der Waals surface area contributed by atoms with E-state index >= 15 is 0 Å². The maximum Gasteiger partial charge on any atom is 0.234 e. The lowest BCUT2D eigenvalue weighted by molar-refractivity contribution is -0.113. The largest absolute Gasteiger partial charge is 0.330 e. The fraction of sp³-hybridized carbons (Fsp3) is 0.211. The number of rotatable bonds is 6. The Kier molecular flexibility index (Phi) is 5.90. The summed E-state index contributed by atoms with van der Waals surface area (Å²) in [5.41, 5.74) is 5.38. The van der Waals surface area contributed by atoms with Crippen molar-refractivity contribution in [2.24, 2.45) is 0 Å². The van der Waals surface area contributed by atoms with Crippen molar-refractivity contribution in [2.45, 2.75) is 25.1 Å². The molecule has 0 unspecified atom stereocenters. The van der Waals surface area contributed by atoms with Crippen LogP contribution in [-0.4, -0.2) is 21.9 Å². The zero-order valence-corrected chi connectivity index (χ0v) is 16.5. The summed E-state index contributed by atoms with van der Waals surface area (Å²) in [4.78, 5) is 12.1. The van der Waals surface area contributed by atoms with Crippen LogP contribution in [0.15, 0.2) is 46.8 Å². The first-order chi connectivity index (χ1) is 12.5. The average molecular weight is 385 g/mol. The van der Waals surface area contributed by atoms with Crippen LogP contribution in [0.2, 0.25) is 0 Å². The third-order valence-electron chi connectivity index (χ3n) is 3.79. The van der Waals surface area contributed by atoms with Gasteiger partial charge in [-0.1, -0.05) is 41.3 Å². The molecule has 0 bridgehead atoms.